The third-order valence-electron chi connectivity index (χ3n) is 2.23. The van der Waals surface area contributed by atoms with E-state index in [1.807, 2.05) is 4.90 Å². The van der Waals surface area contributed by atoms with Crippen LogP contribution in [0.25, 0.3) is 0 Å². The highest BCUT2D eigenvalue weighted by atomic mass is 32.2. The lowest BCUT2D eigenvalue weighted by atomic mass is 10.2. The predicted octanol–water partition coefficient (Wildman–Crippen LogP) is 0.902. The Bertz CT molecular complexity index is 257. The normalized spacial score (nSPS) is 22.5. The lowest BCUT2D eigenvalue weighted by Gasteiger charge is -2.31. The highest BCUT2D eigenvalue weighted by Gasteiger charge is 2.27. The van der Waals surface area contributed by atoms with Gasteiger partial charge in [0.25, 0.3) is 0 Å². The first-order chi connectivity index (χ1) is 6.75. The van der Waals surface area contributed by atoms with Crippen LogP contribution in [0.5, 0.6) is 0 Å². The van der Waals surface area contributed by atoms with E-state index >= 15 is 0 Å². The van der Waals surface area contributed by atoms with E-state index in [-0.39, 0.29) is 6.04 Å². The van der Waals surface area contributed by atoms with Gasteiger partial charge in [-0.3, -0.25) is 9.69 Å². The third kappa shape index (κ3) is 3.24. The van der Waals surface area contributed by atoms with Crippen molar-refractivity contribution < 1.29 is 9.90 Å². The molecule has 4 heteroatoms. The summed E-state index contributed by atoms with van der Waals surface area (Å²) in [5.41, 5.74) is 0. The summed E-state index contributed by atoms with van der Waals surface area (Å²) in [6.07, 6.45) is 0.769. The first-order valence-electron chi connectivity index (χ1n) is 4.70. The van der Waals surface area contributed by atoms with Crippen LogP contribution < -0.4 is 0 Å². The molecule has 0 aromatic carbocycles. The van der Waals surface area contributed by atoms with Crippen molar-refractivity contribution in [2.45, 2.75) is 19.4 Å². The summed E-state index contributed by atoms with van der Waals surface area (Å²) >= 11 is 1.72. The van der Waals surface area contributed by atoms with Gasteiger partial charge >= 0.3 is 5.97 Å². The van der Waals surface area contributed by atoms with E-state index in [4.69, 9.17) is 5.11 Å². The minimum atomic E-state index is -0.707. The Balaban J connectivity index is 2.44. The van der Waals surface area contributed by atoms with Gasteiger partial charge in [-0.25, -0.2) is 0 Å². The van der Waals surface area contributed by atoms with E-state index < -0.39 is 5.97 Å². The molecular formula is C10H15NO2S. The van der Waals surface area contributed by atoms with Gasteiger partial charge in [-0.15, -0.1) is 11.8 Å². The molecule has 78 valence electrons. The fourth-order valence-electron chi connectivity index (χ4n) is 1.46. The van der Waals surface area contributed by atoms with Gasteiger partial charge in [-0.05, 0) is 6.92 Å². The minimum Gasteiger partial charge on any atom is -0.480 e. The van der Waals surface area contributed by atoms with Gasteiger partial charge in [0.15, 0.2) is 0 Å². The molecule has 1 aliphatic rings. The van der Waals surface area contributed by atoms with Crippen LogP contribution in [-0.4, -0.2) is 46.6 Å². The Morgan fingerprint density at radius 2 is 2.50 bits per heavy atom. The molecule has 1 N–H and O–H groups in total. The zero-order valence-corrected chi connectivity index (χ0v) is 9.14. The maximum atomic E-state index is 10.9. The van der Waals surface area contributed by atoms with E-state index in [9.17, 15) is 4.79 Å². The molecule has 1 aliphatic heterocycles. The van der Waals surface area contributed by atoms with Crippen molar-refractivity contribution in [3.63, 3.8) is 0 Å². The minimum absolute atomic E-state index is 0.313. The third-order valence-corrected chi connectivity index (χ3v) is 3.25. The molecule has 0 aromatic rings. The van der Waals surface area contributed by atoms with Crippen LogP contribution >= 0.6 is 11.8 Å². The average molecular weight is 213 g/mol. The van der Waals surface area contributed by atoms with Crippen molar-refractivity contribution in [2.24, 2.45) is 0 Å². The number of nitrogens with zero attached hydrogens (tertiary/aromatic N) is 1. The van der Waals surface area contributed by atoms with Crippen LogP contribution in [0.1, 0.15) is 13.3 Å². The van der Waals surface area contributed by atoms with Crippen LogP contribution in [0.3, 0.4) is 0 Å². The number of thioether (sulfide) groups is 1. The first-order valence-corrected chi connectivity index (χ1v) is 5.85. The molecule has 1 heterocycles. The Labute approximate surface area is 88.9 Å². The Morgan fingerprint density at radius 3 is 3.14 bits per heavy atom. The van der Waals surface area contributed by atoms with Crippen molar-refractivity contribution in [1.29, 1.82) is 0 Å². The molecule has 0 aliphatic carbocycles. The number of rotatable bonds is 3. The van der Waals surface area contributed by atoms with Gasteiger partial charge < -0.3 is 5.11 Å². The van der Waals surface area contributed by atoms with Gasteiger partial charge in [0.05, 0.1) is 0 Å². The maximum Gasteiger partial charge on any atom is 0.321 e. The summed E-state index contributed by atoms with van der Waals surface area (Å²) < 4.78 is 0. The summed E-state index contributed by atoms with van der Waals surface area (Å²) in [4.78, 5) is 12.9. The second kappa shape index (κ2) is 5.94. The van der Waals surface area contributed by atoms with E-state index in [0.717, 1.165) is 25.3 Å². The second-order valence-corrected chi connectivity index (χ2v) is 4.29. The number of carboxylic acids is 1. The SMILES string of the molecule is CC#CCCN1CCSCC1C(=O)O. The highest BCUT2D eigenvalue weighted by Crippen LogP contribution is 2.16. The summed E-state index contributed by atoms with van der Waals surface area (Å²) in [7, 11) is 0. The standard InChI is InChI=1S/C10H15NO2S/c1-2-3-4-5-11-6-7-14-8-9(11)10(12)13/h9H,4-8H2,1H3,(H,12,13). The Kier molecular flexibility index (Phi) is 4.85. The van der Waals surface area contributed by atoms with E-state index in [1.165, 1.54) is 0 Å². The molecule has 0 aromatic heterocycles. The van der Waals surface area contributed by atoms with Crippen molar-refractivity contribution in [3.8, 4) is 11.8 Å². The predicted molar refractivity (Wildman–Crippen MR) is 58.4 cm³/mol. The lowest BCUT2D eigenvalue weighted by Crippen LogP contribution is -2.47. The summed E-state index contributed by atoms with van der Waals surface area (Å²) in [6.45, 7) is 3.45. The molecule has 3 nitrogen and oxygen atoms in total. The number of carbonyl (C=O) groups is 1. The summed E-state index contributed by atoms with van der Waals surface area (Å²) in [5.74, 6) is 6.81. The van der Waals surface area contributed by atoms with Gasteiger partial charge in [-0.2, -0.15) is 11.8 Å². The smallest absolute Gasteiger partial charge is 0.321 e. The molecule has 1 unspecified atom stereocenters. The molecule has 0 radical (unpaired) electrons. The molecule has 1 atom stereocenters. The maximum absolute atomic E-state index is 10.9. The van der Waals surface area contributed by atoms with Crippen LogP contribution in [0.4, 0.5) is 0 Å². The topological polar surface area (TPSA) is 40.5 Å². The molecular weight excluding hydrogens is 198 g/mol. The fraction of sp³-hybridized carbons (Fsp3) is 0.700. The molecule has 1 rings (SSSR count). The quantitative estimate of drug-likeness (QED) is 0.707. The van der Waals surface area contributed by atoms with Crippen molar-refractivity contribution in [1.82, 2.24) is 4.90 Å². The molecule has 14 heavy (non-hydrogen) atoms. The molecule has 0 amide bonds. The largest absolute Gasteiger partial charge is 0.480 e. The van der Waals surface area contributed by atoms with E-state index in [1.54, 1.807) is 18.7 Å². The Morgan fingerprint density at radius 1 is 1.71 bits per heavy atom. The molecule has 0 bridgehead atoms. The van der Waals surface area contributed by atoms with Gasteiger partial charge in [0.1, 0.15) is 6.04 Å². The Hall–Kier alpha value is -0.660. The second-order valence-electron chi connectivity index (χ2n) is 3.14. The highest BCUT2D eigenvalue weighted by molar-refractivity contribution is 7.99. The monoisotopic (exact) mass is 213 g/mol. The number of hydrogen-bond acceptors (Lipinski definition) is 3. The van der Waals surface area contributed by atoms with Crippen molar-refractivity contribution in [2.75, 3.05) is 24.6 Å². The zero-order chi connectivity index (χ0) is 10.4. The molecule has 0 saturated carbocycles. The van der Waals surface area contributed by atoms with Crippen LogP contribution in [0, 0.1) is 11.8 Å². The van der Waals surface area contributed by atoms with E-state index in [0.29, 0.717) is 5.75 Å². The fourth-order valence-corrected chi connectivity index (χ4v) is 2.56. The van der Waals surface area contributed by atoms with Crippen LogP contribution in [0.2, 0.25) is 0 Å². The van der Waals surface area contributed by atoms with Crippen molar-refractivity contribution in [3.05, 3.63) is 0 Å². The zero-order valence-electron chi connectivity index (χ0n) is 8.32. The number of aliphatic carboxylic acids is 1. The van der Waals surface area contributed by atoms with Gasteiger partial charge in [-0.1, -0.05) is 0 Å². The average Bonchev–Trinajstić information content (AvgIpc) is 2.19. The van der Waals surface area contributed by atoms with Gasteiger partial charge in [0.2, 0.25) is 0 Å². The molecule has 1 fully saturated rings. The van der Waals surface area contributed by atoms with Gasteiger partial charge in [0, 0.05) is 31.0 Å². The summed E-state index contributed by atoms with van der Waals surface area (Å²) in [5, 5.41) is 8.97. The lowest BCUT2D eigenvalue weighted by molar-refractivity contribution is -0.142. The van der Waals surface area contributed by atoms with E-state index in [2.05, 4.69) is 11.8 Å². The van der Waals surface area contributed by atoms with Crippen molar-refractivity contribution >= 4 is 17.7 Å². The first kappa shape index (κ1) is 11.4. The van der Waals surface area contributed by atoms with Crippen LogP contribution in [-0.2, 0) is 4.79 Å². The summed E-state index contributed by atoms with van der Waals surface area (Å²) in [6, 6.07) is -0.313. The molecule has 1 saturated heterocycles. The van der Waals surface area contributed by atoms with Crippen LogP contribution in [0.15, 0.2) is 0 Å². The number of hydrogen-bond donors (Lipinski definition) is 1. The molecule has 0 spiro atoms. The number of carboxylic acid groups (broad SMARTS) is 1.